The molecule has 0 radical (unpaired) electrons. The molecule has 1 aliphatic carbocycles. The lowest BCUT2D eigenvalue weighted by Gasteiger charge is -2.64. The van der Waals surface area contributed by atoms with E-state index in [-0.39, 0.29) is 18.5 Å². The number of amides is 1. The summed E-state index contributed by atoms with van der Waals surface area (Å²) < 4.78 is 11.7. The van der Waals surface area contributed by atoms with Gasteiger partial charge in [-0.05, 0) is 49.2 Å². The topological polar surface area (TPSA) is 91.3 Å². The first-order valence-electron chi connectivity index (χ1n) is 13.9. The van der Waals surface area contributed by atoms with Gasteiger partial charge in [-0.15, -0.1) is 0 Å². The van der Waals surface area contributed by atoms with Gasteiger partial charge in [-0.25, -0.2) is 0 Å². The molecule has 4 aliphatic rings. The van der Waals surface area contributed by atoms with E-state index < -0.39 is 34.5 Å². The average molecular weight is 566 g/mol. The second-order valence-electron chi connectivity index (χ2n) is 11.6. The second kappa shape index (κ2) is 9.50. The van der Waals surface area contributed by atoms with Gasteiger partial charge in [0.05, 0.1) is 19.7 Å². The molecule has 6 atom stereocenters. The van der Waals surface area contributed by atoms with E-state index in [1.807, 2.05) is 19.2 Å². The SMILES string of the molecule is CC[C@]12C=CCN3CC[C@@]4(c5ccc(OC)cc5N(C)[C@H]4[C@@](O)(CNC(=O)c4cccc(Cl)c4)[C@@H]1OC(C)=O)[C@@H]32. The minimum absolute atomic E-state index is 0.00893. The number of esters is 1. The largest absolute Gasteiger partial charge is 0.497 e. The summed E-state index contributed by atoms with van der Waals surface area (Å²) >= 11 is 6.15. The zero-order chi connectivity index (χ0) is 28.4. The first-order valence-corrected chi connectivity index (χ1v) is 14.3. The molecule has 212 valence electrons. The molecule has 0 unspecified atom stereocenters. The lowest BCUT2D eigenvalue weighted by atomic mass is 9.47. The number of aliphatic hydroxyl groups is 1. The fourth-order valence-electron chi connectivity index (χ4n) is 8.60. The Hall–Kier alpha value is -3.07. The van der Waals surface area contributed by atoms with Crippen LogP contribution < -0.4 is 15.0 Å². The van der Waals surface area contributed by atoms with Gasteiger partial charge in [0.1, 0.15) is 17.5 Å². The van der Waals surface area contributed by atoms with Crippen LogP contribution in [-0.2, 0) is 14.9 Å². The highest BCUT2D eigenvalue weighted by Crippen LogP contribution is 2.67. The summed E-state index contributed by atoms with van der Waals surface area (Å²) in [5, 5.41) is 16.5. The number of hydrogen-bond acceptors (Lipinski definition) is 7. The zero-order valence-electron chi connectivity index (χ0n) is 23.3. The number of methoxy groups -OCH3 is 1. The van der Waals surface area contributed by atoms with E-state index in [1.165, 1.54) is 6.92 Å². The molecule has 3 aliphatic heterocycles. The van der Waals surface area contributed by atoms with Gasteiger partial charge in [0.15, 0.2) is 0 Å². The second-order valence-corrected chi connectivity index (χ2v) is 12.1. The Bertz CT molecular complexity index is 1400. The molecule has 2 fully saturated rings. The molecular weight excluding hydrogens is 530 g/mol. The van der Waals surface area contributed by atoms with Crippen molar-refractivity contribution < 1.29 is 24.2 Å². The number of carbonyl (C=O) groups excluding carboxylic acids is 2. The normalized spacial score (nSPS) is 33.6. The van der Waals surface area contributed by atoms with Gasteiger partial charge in [-0.1, -0.05) is 42.8 Å². The van der Waals surface area contributed by atoms with Gasteiger partial charge in [0.25, 0.3) is 5.91 Å². The van der Waals surface area contributed by atoms with E-state index in [0.717, 1.165) is 36.5 Å². The number of anilines is 1. The number of nitrogens with one attached hydrogen (secondary N) is 1. The maximum absolute atomic E-state index is 13.3. The minimum atomic E-state index is -1.63. The van der Waals surface area contributed by atoms with Crippen molar-refractivity contribution >= 4 is 29.2 Å². The van der Waals surface area contributed by atoms with Crippen molar-refractivity contribution in [2.24, 2.45) is 5.41 Å². The van der Waals surface area contributed by atoms with Gasteiger partial charge >= 0.3 is 5.97 Å². The molecule has 2 aromatic carbocycles. The van der Waals surface area contributed by atoms with E-state index in [4.69, 9.17) is 21.1 Å². The Balaban J connectivity index is 1.54. The third-order valence-corrected chi connectivity index (χ3v) is 10.1. The molecule has 9 heteroatoms. The molecule has 1 amide bonds. The summed E-state index contributed by atoms with van der Waals surface area (Å²) in [5.74, 6) is -0.0882. The minimum Gasteiger partial charge on any atom is -0.497 e. The summed E-state index contributed by atoms with van der Waals surface area (Å²) in [5.41, 5.74) is -0.245. The van der Waals surface area contributed by atoms with E-state index >= 15 is 0 Å². The number of nitrogens with zero attached hydrogens (tertiary/aromatic N) is 2. The molecule has 8 nitrogen and oxygen atoms in total. The predicted molar refractivity (Wildman–Crippen MR) is 153 cm³/mol. The number of benzene rings is 2. The van der Waals surface area contributed by atoms with Crippen molar-refractivity contribution in [2.75, 3.05) is 38.7 Å². The summed E-state index contributed by atoms with van der Waals surface area (Å²) in [4.78, 5) is 30.6. The van der Waals surface area contributed by atoms with Gasteiger partial charge in [-0.2, -0.15) is 0 Å². The fraction of sp³-hybridized carbons (Fsp3) is 0.484. The number of fused-ring (bicyclic) bond motifs is 1. The lowest BCUT2D eigenvalue weighted by Crippen LogP contribution is -2.81. The number of hydrogen-bond donors (Lipinski definition) is 2. The average Bonchev–Trinajstić information content (AvgIpc) is 3.46. The van der Waals surface area contributed by atoms with Crippen LogP contribution >= 0.6 is 11.6 Å². The highest BCUT2D eigenvalue weighted by molar-refractivity contribution is 6.30. The maximum atomic E-state index is 13.3. The van der Waals surface area contributed by atoms with E-state index in [9.17, 15) is 14.7 Å². The monoisotopic (exact) mass is 565 g/mol. The smallest absolute Gasteiger partial charge is 0.303 e. The van der Waals surface area contributed by atoms with Crippen LogP contribution in [0.1, 0.15) is 42.6 Å². The molecule has 3 heterocycles. The molecule has 1 saturated heterocycles. The van der Waals surface area contributed by atoms with Crippen molar-refractivity contribution in [3.05, 3.63) is 70.8 Å². The molecule has 2 N–H and O–H groups in total. The Kier molecular flexibility index (Phi) is 6.44. The number of rotatable bonds is 6. The van der Waals surface area contributed by atoms with Crippen molar-refractivity contribution in [1.29, 1.82) is 0 Å². The third-order valence-electron chi connectivity index (χ3n) is 9.84. The van der Waals surface area contributed by atoms with Crippen LogP contribution in [0.5, 0.6) is 5.75 Å². The van der Waals surface area contributed by atoms with E-state index in [0.29, 0.717) is 17.0 Å². The number of halogens is 1. The highest BCUT2D eigenvalue weighted by atomic mass is 35.5. The van der Waals surface area contributed by atoms with Crippen LogP contribution in [0.15, 0.2) is 54.6 Å². The molecule has 1 saturated carbocycles. The van der Waals surface area contributed by atoms with Crippen molar-refractivity contribution in [2.45, 2.75) is 55.9 Å². The Morgan fingerprint density at radius 1 is 1.20 bits per heavy atom. The van der Waals surface area contributed by atoms with Crippen molar-refractivity contribution in [3.63, 3.8) is 0 Å². The number of likely N-dealkylation sites (N-methyl/N-ethyl adjacent to an activating group) is 1. The number of carbonyl (C=O) groups is 2. The lowest BCUT2D eigenvalue weighted by molar-refractivity contribution is -0.216. The number of ether oxygens (including phenoxy) is 2. The molecule has 40 heavy (non-hydrogen) atoms. The van der Waals surface area contributed by atoms with Crippen LogP contribution in [0.2, 0.25) is 5.02 Å². The van der Waals surface area contributed by atoms with Crippen molar-refractivity contribution in [1.82, 2.24) is 10.2 Å². The van der Waals surface area contributed by atoms with Gasteiger partial charge in [0.2, 0.25) is 0 Å². The third kappa shape index (κ3) is 3.58. The molecule has 0 bridgehead atoms. The molecule has 6 rings (SSSR count). The van der Waals surface area contributed by atoms with Crippen LogP contribution in [0.3, 0.4) is 0 Å². The molecule has 1 spiro atoms. The first-order chi connectivity index (χ1) is 19.1. The Morgan fingerprint density at radius 3 is 2.70 bits per heavy atom. The standard InChI is InChI=1S/C31H36ClN3O5/c1-5-29-12-7-14-35-15-13-30(26(29)35)23-11-10-22(39-4)17-24(23)34(3)27(30)31(38,28(29)40-19(2)36)18-33-25(37)20-8-6-9-21(32)16-20/h6-12,16-17,26-28,38H,5,13-15,18H2,1-4H3,(H,33,37)/t26-,27+,28+,29+,30+,31-/m0/s1. The predicted octanol–water partition coefficient (Wildman–Crippen LogP) is 3.55. The molecule has 0 aromatic heterocycles. The quantitative estimate of drug-likeness (QED) is 0.409. The highest BCUT2D eigenvalue weighted by Gasteiger charge is 2.77. The Labute approximate surface area is 239 Å². The van der Waals surface area contributed by atoms with Gasteiger partial charge in [-0.3, -0.25) is 14.5 Å². The first kappa shape index (κ1) is 27.1. The van der Waals surface area contributed by atoms with Gasteiger partial charge in [0, 0.05) is 59.7 Å². The molecular formula is C31H36ClN3O5. The summed E-state index contributed by atoms with van der Waals surface area (Å²) in [7, 11) is 3.62. The molecule has 2 aromatic rings. The fourth-order valence-corrected chi connectivity index (χ4v) is 8.79. The summed E-state index contributed by atoms with van der Waals surface area (Å²) in [6, 6.07) is 12.3. The summed E-state index contributed by atoms with van der Waals surface area (Å²) in [6.07, 6.45) is 4.87. The van der Waals surface area contributed by atoms with Crippen LogP contribution in [0.25, 0.3) is 0 Å². The maximum Gasteiger partial charge on any atom is 0.303 e. The summed E-state index contributed by atoms with van der Waals surface area (Å²) in [6.45, 7) is 5.01. The Morgan fingerprint density at radius 2 is 2.00 bits per heavy atom. The van der Waals surface area contributed by atoms with E-state index in [1.54, 1.807) is 31.4 Å². The van der Waals surface area contributed by atoms with E-state index in [2.05, 4.69) is 40.3 Å². The van der Waals surface area contributed by atoms with Crippen molar-refractivity contribution in [3.8, 4) is 5.75 Å². The zero-order valence-corrected chi connectivity index (χ0v) is 24.1. The van der Waals surface area contributed by atoms with Crippen LogP contribution in [-0.4, -0.2) is 79.5 Å². The van der Waals surface area contributed by atoms with Crippen LogP contribution in [0.4, 0.5) is 5.69 Å². The van der Waals surface area contributed by atoms with Gasteiger partial charge < -0.3 is 24.8 Å². The van der Waals surface area contributed by atoms with Crippen LogP contribution in [0, 0.1) is 5.41 Å².